The summed E-state index contributed by atoms with van der Waals surface area (Å²) in [5, 5.41) is 11.4. The first-order chi connectivity index (χ1) is 10.2. The lowest BCUT2D eigenvalue weighted by Gasteiger charge is -2.04. The van der Waals surface area contributed by atoms with E-state index in [0.717, 1.165) is 5.69 Å². The van der Waals surface area contributed by atoms with Gasteiger partial charge in [-0.1, -0.05) is 0 Å². The highest BCUT2D eigenvalue weighted by atomic mass is 16.5. The second-order valence-corrected chi connectivity index (χ2v) is 4.18. The summed E-state index contributed by atoms with van der Waals surface area (Å²) in [6.07, 6.45) is 3.01. The summed E-state index contributed by atoms with van der Waals surface area (Å²) < 4.78 is 11.8. The van der Waals surface area contributed by atoms with E-state index in [-0.39, 0.29) is 12.5 Å². The lowest BCUT2D eigenvalue weighted by atomic mass is 10.2. The zero-order valence-corrected chi connectivity index (χ0v) is 11.1. The summed E-state index contributed by atoms with van der Waals surface area (Å²) in [6, 6.07) is 6.81. The van der Waals surface area contributed by atoms with Crippen LogP contribution in [0.25, 0.3) is 5.69 Å². The van der Waals surface area contributed by atoms with Gasteiger partial charge in [-0.3, -0.25) is 0 Å². The van der Waals surface area contributed by atoms with Gasteiger partial charge in [-0.15, -0.1) is 10.2 Å². The Kier molecular flexibility index (Phi) is 3.42. The average molecular weight is 285 g/mol. The van der Waals surface area contributed by atoms with Gasteiger partial charge in [0.05, 0.1) is 11.3 Å². The maximum atomic E-state index is 11.9. The first kappa shape index (κ1) is 13.0. The number of aryl methyl sites for hydroxylation is 1. The highest BCUT2D eigenvalue weighted by Crippen LogP contribution is 2.10. The Hall–Kier alpha value is -3.03. The Morgan fingerprint density at radius 3 is 2.71 bits per heavy atom. The second kappa shape index (κ2) is 5.53. The molecule has 0 unspecified atom stereocenters. The molecule has 0 atom stereocenters. The molecule has 0 aliphatic carbocycles. The van der Waals surface area contributed by atoms with Crippen LogP contribution in [0.1, 0.15) is 22.1 Å². The molecular weight excluding hydrogens is 274 g/mol. The van der Waals surface area contributed by atoms with Gasteiger partial charge in [-0.05, 0) is 24.3 Å². The van der Waals surface area contributed by atoms with Gasteiger partial charge in [0.2, 0.25) is 5.89 Å². The Bertz CT molecular complexity index is 734. The molecule has 2 aromatic heterocycles. The van der Waals surface area contributed by atoms with Crippen molar-refractivity contribution < 1.29 is 13.9 Å². The average Bonchev–Trinajstić information content (AvgIpc) is 3.16. The van der Waals surface area contributed by atoms with E-state index in [0.29, 0.717) is 11.5 Å². The van der Waals surface area contributed by atoms with E-state index in [1.165, 1.54) is 6.33 Å². The number of nitrogens with zero attached hydrogens (tertiary/aromatic N) is 5. The number of esters is 1. The molecule has 0 saturated heterocycles. The molecule has 106 valence electrons. The van der Waals surface area contributed by atoms with Gasteiger partial charge in [-0.25, -0.2) is 14.5 Å². The molecule has 0 saturated carbocycles. The van der Waals surface area contributed by atoms with Crippen LogP contribution in [0.2, 0.25) is 0 Å². The molecule has 2 heterocycles. The van der Waals surface area contributed by atoms with Crippen LogP contribution >= 0.6 is 0 Å². The molecule has 3 rings (SSSR count). The van der Waals surface area contributed by atoms with Crippen LogP contribution in [0.4, 0.5) is 0 Å². The molecule has 1 aromatic carbocycles. The van der Waals surface area contributed by atoms with E-state index in [9.17, 15) is 4.79 Å². The summed E-state index contributed by atoms with van der Waals surface area (Å²) >= 11 is 0. The van der Waals surface area contributed by atoms with Gasteiger partial charge >= 0.3 is 5.97 Å². The van der Waals surface area contributed by atoms with E-state index >= 15 is 0 Å². The number of ether oxygens (including phenoxy) is 1. The highest BCUT2D eigenvalue weighted by molar-refractivity contribution is 5.89. The standard InChI is InChI=1S/C13H11N5O3/c1-9-16-17-12(21-9)6-20-13(19)10-2-4-11(5-3-10)18-8-14-7-15-18/h2-5,7-8H,6H2,1H3. The van der Waals surface area contributed by atoms with Crippen molar-refractivity contribution in [3.05, 3.63) is 54.3 Å². The molecule has 8 heteroatoms. The Morgan fingerprint density at radius 1 is 1.29 bits per heavy atom. The number of aromatic nitrogens is 5. The zero-order chi connectivity index (χ0) is 14.7. The van der Waals surface area contributed by atoms with Crippen LogP contribution in [0.3, 0.4) is 0 Å². The number of rotatable bonds is 4. The largest absolute Gasteiger partial charge is 0.452 e. The maximum Gasteiger partial charge on any atom is 0.338 e. The van der Waals surface area contributed by atoms with E-state index in [1.54, 1.807) is 42.2 Å². The van der Waals surface area contributed by atoms with Crippen LogP contribution in [0, 0.1) is 6.92 Å². The van der Waals surface area contributed by atoms with Crippen LogP contribution in [-0.4, -0.2) is 30.9 Å². The van der Waals surface area contributed by atoms with Crippen molar-refractivity contribution in [2.45, 2.75) is 13.5 Å². The highest BCUT2D eigenvalue weighted by Gasteiger charge is 2.10. The summed E-state index contributed by atoms with van der Waals surface area (Å²) in [6.45, 7) is 1.62. The molecule has 21 heavy (non-hydrogen) atoms. The molecule has 3 aromatic rings. The fourth-order valence-corrected chi connectivity index (χ4v) is 1.70. The third-order valence-corrected chi connectivity index (χ3v) is 2.68. The minimum Gasteiger partial charge on any atom is -0.452 e. The quantitative estimate of drug-likeness (QED) is 0.667. The summed E-state index contributed by atoms with van der Waals surface area (Å²) in [5.41, 5.74) is 1.23. The van der Waals surface area contributed by atoms with Crippen molar-refractivity contribution >= 4 is 5.97 Å². The number of carbonyl (C=O) groups excluding carboxylic acids is 1. The fourth-order valence-electron chi connectivity index (χ4n) is 1.70. The monoisotopic (exact) mass is 285 g/mol. The molecule has 0 N–H and O–H groups in total. The van der Waals surface area contributed by atoms with Gasteiger partial charge in [0.15, 0.2) is 6.61 Å². The number of carbonyl (C=O) groups is 1. The van der Waals surface area contributed by atoms with Gasteiger partial charge in [0.1, 0.15) is 12.7 Å². The molecule has 0 amide bonds. The van der Waals surface area contributed by atoms with Gasteiger partial charge in [0.25, 0.3) is 5.89 Å². The van der Waals surface area contributed by atoms with Crippen molar-refractivity contribution in [3.63, 3.8) is 0 Å². The predicted octanol–water partition coefficient (Wildman–Crippen LogP) is 1.32. The molecular formula is C13H11N5O3. The smallest absolute Gasteiger partial charge is 0.338 e. The van der Waals surface area contributed by atoms with Crippen LogP contribution in [0.5, 0.6) is 0 Å². The SMILES string of the molecule is Cc1nnc(COC(=O)c2ccc(-n3cncn3)cc2)o1. The number of hydrogen-bond acceptors (Lipinski definition) is 7. The maximum absolute atomic E-state index is 11.9. The summed E-state index contributed by atoms with van der Waals surface area (Å²) in [7, 11) is 0. The Morgan fingerprint density at radius 2 is 2.10 bits per heavy atom. The summed E-state index contributed by atoms with van der Waals surface area (Å²) in [5.74, 6) is 0.231. The topological polar surface area (TPSA) is 95.9 Å². The van der Waals surface area contributed by atoms with Crippen LogP contribution in [-0.2, 0) is 11.3 Å². The third-order valence-electron chi connectivity index (χ3n) is 2.68. The predicted molar refractivity (Wildman–Crippen MR) is 69.5 cm³/mol. The van der Waals surface area contributed by atoms with E-state index < -0.39 is 5.97 Å². The number of hydrogen-bond donors (Lipinski definition) is 0. The fraction of sp³-hybridized carbons (Fsp3) is 0.154. The van der Waals surface area contributed by atoms with Crippen LogP contribution < -0.4 is 0 Å². The molecule has 0 bridgehead atoms. The minimum atomic E-state index is -0.462. The third kappa shape index (κ3) is 2.94. The zero-order valence-electron chi connectivity index (χ0n) is 11.1. The first-order valence-electron chi connectivity index (χ1n) is 6.13. The van der Waals surface area contributed by atoms with Gasteiger partial charge in [-0.2, -0.15) is 5.10 Å². The molecule has 0 fully saturated rings. The Labute approximate surface area is 119 Å². The molecule has 0 spiro atoms. The molecule has 8 nitrogen and oxygen atoms in total. The van der Waals surface area contributed by atoms with Crippen molar-refractivity contribution in [1.82, 2.24) is 25.0 Å². The normalized spacial score (nSPS) is 10.5. The van der Waals surface area contributed by atoms with Crippen LogP contribution in [0.15, 0.2) is 41.3 Å². The molecule has 0 radical (unpaired) electrons. The van der Waals surface area contributed by atoms with Crippen molar-refractivity contribution in [3.8, 4) is 5.69 Å². The summed E-state index contributed by atoms with van der Waals surface area (Å²) in [4.78, 5) is 15.7. The van der Waals surface area contributed by atoms with Crippen molar-refractivity contribution in [2.24, 2.45) is 0 Å². The second-order valence-electron chi connectivity index (χ2n) is 4.18. The van der Waals surface area contributed by atoms with E-state index in [1.807, 2.05) is 0 Å². The molecule has 0 aliphatic heterocycles. The van der Waals surface area contributed by atoms with Crippen molar-refractivity contribution in [2.75, 3.05) is 0 Å². The number of benzene rings is 1. The Balaban J connectivity index is 1.65. The van der Waals surface area contributed by atoms with Crippen molar-refractivity contribution in [1.29, 1.82) is 0 Å². The first-order valence-corrected chi connectivity index (χ1v) is 6.13. The van der Waals surface area contributed by atoms with Gasteiger partial charge in [0, 0.05) is 6.92 Å². The lowest BCUT2D eigenvalue weighted by Crippen LogP contribution is -2.06. The van der Waals surface area contributed by atoms with E-state index in [4.69, 9.17) is 9.15 Å². The molecule has 0 aliphatic rings. The van der Waals surface area contributed by atoms with E-state index in [2.05, 4.69) is 20.3 Å². The minimum absolute atomic E-state index is 0.0511. The van der Waals surface area contributed by atoms with Gasteiger partial charge < -0.3 is 9.15 Å². The lowest BCUT2D eigenvalue weighted by molar-refractivity contribution is 0.0437.